The third-order valence-corrected chi connectivity index (χ3v) is 2.25. The van der Waals surface area contributed by atoms with Gasteiger partial charge in [0.05, 0.1) is 13.2 Å². The van der Waals surface area contributed by atoms with E-state index in [1.165, 1.54) is 13.2 Å². The van der Waals surface area contributed by atoms with Crippen LogP contribution in [-0.4, -0.2) is 24.3 Å². The molecule has 1 rings (SSSR count). The predicted octanol–water partition coefficient (Wildman–Crippen LogP) is 3.23. The SMILES string of the molecule is COc1cc(Cl)cc(/C=C/C(=O)O)c1OC(C)C. The van der Waals surface area contributed by atoms with Crippen LogP contribution in [0.3, 0.4) is 0 Å². The number of carboxylic acids is 1. The molecule has 0 saturated carbocycles. The van der Waals surface area contributed by atoms with Crippen molar-refractivity contribution in [3.8, 4) is 11.5 Å². The van der Waals surface area contributed by atoms with Crippen LogP contribution in [0.15, 0.2) is 18.2 Å². The molecule has 0 fully saturated rings. The number of methoxy groups -OCH3 is 1. The van der Waals surface area contributed by atoms with Crippen molar-refractivity contribution in [2.75, 3.05) is 7.11 Å². The number of carboxylic acid groups (broad SMARTS) is 1. The number of hydrogen-bond donors (Lipinski definition) is 1. The summed E-state index contributed by atoms with van der Waals surface area (Å²) >= 11 is 5.94. The Labute approximate surface area is 111 Å². The average Bonchev–Trinajstić information content (AvgIpc) is 2.28. The summed E-state index contributed by atoms with van der Waals surface area (Å²) in [6.07, 6.45) is 2.39. The Balaban J connectivity index is 3.27. The molecule has 98 valence electrons. The molecule has 0 aliphatic carbocycles. The van der Waals surface area contributed by atoms with Crippen molar-refractivity contribution in [3.63, 3.8) is 0 Å². The normalized spacial score (nSPS) is 10.9. The zero-order chi connectivity index (χ0) is 13.7. The highest BCUT2D eigenvalue weighted by Gasteiger charge is 2.12. The largest absolute Gasteiger partial charge is 0.493 e. The number of hydrogen-bond acceptors (Lipinski definition) is 3. The number of halogens is 1. The maximum Gasteiger partial charge on any atom is 0.328 e. The van der Waals surface area contributed by atoms with Crippen LogP contribution in [-0.2, 0) is 4.79 Å². The molecule has 0 saturated heterocycles. The molecule has 5 heteroatoms. The van der Waals surface area contributed by atoms with Crippen molar-refractivity contribution >= 4 is 23.6 Å². The zero-order valence-electron chi connectivity index (χ0n) is 10.4. The molecule has 0 aromatic heterocycles. The van der Waals surface area contributed by atoms with Gasteiger partial charge in [0.2, 0.25) is 0 Å². The molecule has 4 nitrogen and oxygen atoms in total. The molecule has 0 heterocycles. The first kappa shape index (κ1) is 14.4. The van der Waals surface area contributed by atoms with Crippen LogP contribution in [0.1, 0.15) is 19.4 Å². The van der Waals surface area contributed by atoms with Crippen LogP contribution < -0.4 is 9.47 Å². The first-order chi connectivity index (χ1) is 8.43. The van der Waals surface area contributed by atoms with Crippen molar-refractivity contribution < 1.29 is 19.4 Å². The van der Waals surface area contributed by atoms with Gasteiger partial charge >= 0.3 is 5.97 Å². The molecule has 18 heavy (non-hydrogen) atoms. The van der Waals surface area contributed by atoms with Crippen LogP contribution in [0.2, 0.25) is 5.02 Å². The van der Waals surface area contributed by atoms with Crippen LogP contribution >= 0.6 is 11.6 Å². The van der Waals surface area contributed by atoms with Crippen LogP contribution in [0.5, 0.6) is 11.5 Å². The number of benzene rings is 1. The molecule has 0 amide bonds. The quantitative estimate of drug-likeness (QED) is 0.835. The first-order valence-corrected chi connectivity index (χ1v) is 5.77. The summed E-state index contributed by atoms with van der Waals surface area (Å²) in [6, 6.07) is 3.25. The summed E-state index contributed by atoms with van der Waals surface area (Å²) in [5.74, 6) is -0.0833. The number of rotatable bonds is 5. The fraction of sp³-hybridized carbons (Fsp3) is 0.308. The lowest BCUT2D eigenvalue weighted by Crippen LogP contribution is -2.08. The summed E-state index contributed by atoms with van der Waals surface area (Å²) < 4.78 is 10.8. The summed E-state index contributed by atoms with van der Waals surface area (Å²) in [6.45, 7) is 3.75. The monoisotopic (exact) mass is 270 g/mol. The summed E-state index contributed by atoms with van der Waals surface area (Å²) in [5.41, 5.74) is 0.565. The molecule has 1 aromatic carbocycles. The highest BCUT2D eigenvalue weighted by molar-refractivity contribution is 6.31. The molecular formula is C13H15ClO4. The van der Waals surface area contributed by atoms with E-state index in [2.05, 4.69) is 0 Å². The average molecular weight is 271 g/mol. The lowest BCUT2D eigenvalue weighted by molar-refractivity contribution is -0.131. The standard InChI is InChI=1S/C13H15ClO4/c1-8(2)18-13-9(4-5-12(15)16)6-10(14)7-11(13)17-3/h4-8H,1-3H3,(H,15,16)/b5-4+. The highest BCUT2D eigenvalue weighted by atomic mass is 35.5. The Hall–Kier alpha value is -1.68. The second-order valence-electron chi connectivity index (χ2n) is 3.86. The number of carbonyl (C=O) groups is 1. The van der Waals surface area contributed by atoms with Gasteiger partial charge in [0.15, 0.2) is 11.5 Å². The second kappa shape index (κ2) is 6.31. The van der Waals surface area contributed by atoms with Gasteiger partial charge in [-0.25, -0.2) is 4.79 Å². The second-order valence-corrected chi connectivity index (χ2v) is 4.30. The Morgan fingerprint density at radius 3 is 2.61 bits per heavy atom. The maximum atomic E-state index is 10.6. The minimum Gasteiger partial charge on any atom is -0.493 e. The molecule has 0 unspecified atom stereocenters. The van der Waals surface area contributed by atoms with E-state index >= 15 is 0 Å². The maximum absolute atomic E-state index is 10.6. The molecule has 1 aromatic rings. The van der Waals surface area contributed by atoms with Gasteiger partial charge in [0, 0.05) is 22.7 Å². The molecular weight excluding hydrogens is 256 g/mol. The Bertz CT molecular complexity index is 466. The number of aliphatic carboxylic acids is 1. The van der Waals surface area contributed by atoms with E-state index in [4.69, 9.17) is 26.2 Å². The van der Waals surface area contributed by atoms with Gasteiger partial charge in [0.25, 0.3) is 0 Å². The third-order valence-electron chi connectivity index (χ3n) is 2.03. The first-order valence-electron chi connectivity index (χ1n) is 5.39. The predicted molar refractivity (Wildman–Crippen MR) is 70.4 cm³/mol. The molecule has 0 spiro atoms. The molecule has 0 radical (unpaired) electrons. The number of ether oxygens (including phenoxy) is 2. The van der Waals surface area contributed by atoms with E-state index in [0.717, 1.165) is 6.08 Å². The zero-order valence-corrected chi connectivity index (χ0v) is 11.2. The smallest absolute Gasteiger partial charge is 0.328 e. The van der Waals surface area contributed by atoms with Gasteiger partial charge < -0.3 is 14.6 Å². The molecule has 0 aliphatic heterocycles. The van der Waals surface area contributed by atoms with E-state index in [1.54, 1.807) is 12.1 Å². The van der Waals surface area contributed by atoms with Gasteiger partial charge in [-0.2, -0.15) is 0 Å². The molecule has 0 atom stereocenters. The van der Waals surface area contributed by atoms with Gasteiger partial charge in [-0.3, -0.25) is 0 Å². The lowest BCUT2D eigenvalue weighted by Gasteiger charge is -2.16. The molecule has 0 aliphatic rings. The van der Waals surface area contributed by atoms with Crippen LogP contribution in [0, 0.1) is 0 Å². The van der Waals surface area contributed by atoms with Crippen molar-refractivity contribution in [3.05, 3.63) is 28.8 Å². The van der Waals surface area contributed by atoms with E-state index in [1.807, 2.05) is 13.8 Å². The fourth-order valence-corrected chi connectivity index (χ4v) is 1.60. The van der Waals surface area contributed by atoms with Crippen LogP contribution in [0.25, 0.3) is 6.08 Å². The van der Waals surface area contributed by atoms with Crippen molar-refractivity contribution in [2.45, 2.75) is 20.0 Å². The summed E-state index contributed by atoms with van der Waals surface area (Å²) in [4.78, 5) is 10.6. The Morgan fingerprint density at radius 2 is 2.11 bits per heavy atom. The summed E-state index contributed by atoms with van der Waals surface area (Å²) in [7, 11) is 1.50. The highest BCUT2D eigenvalue weighted by Crippen LogP contribution is 2.36. The van der Waals surface area contributed by atoms with Gasteiger partial charge in [-0.1, -0.05) is 11.6 Å². The Morgan fingerprint density at radius 1 is 1.44 bits per heavy atom. The van der Waals surface area contributed by atoms with Crippen molar-refractivity contribution in [1.29, 1.82) is 0 Å². The molecule has 1 N–H and O–H groups in total. The Kier molecular flexibility index (Phi) is 5.04. The fourth-order valence-electron chi connectivity index (χ4n) is 1.39. The van der Waals surface area contributed by atoms with E-state index < -0.39 is 5.97 Å². The minimum absolute atomic E-state index is 0.0583. The summed E-state index contributed by atoms with van der Waals surface area (Å²) in [5, 5.41) is 9.10. The van der Waals surface area contributed by atoms with Crippen molar-refractivity contribution in [2.24, 2.45) is 0 Å². The van der Waals surface area contributed by atoms with E-state index in [9.17, 15) is 4.79 Å². The van der Waals surface area contributed by atoms with Gasteiger partial charge in [0.1, 0.15) is 0 Å². The van der Waals surface area contributed by atoms with Gasteiger partial charge in [-0.15, -0.1) is 0 Å². The van der Waals surface area contributed by atoms with Gasteiger partial charge in [-0.05, 0) is 26.0 Å². The van der Waals surface area contributed by atoms with E-state index in [0.29, 0.717) is 22.1 Å². The lowest BCUT2D eigenvalue weighted by atomic mass is 10.1. The molecule has 0 bridgehead atoms. The third kappa shape index (κ3) is 3.96. The van der Waals surface area contributed by atoms with Crippen molar-refractivity contribution in [1.82, 2.24) is 0 Å². The van der Waals surface area contributed by atoms with Crippen LogP contribution in [0.4, 0.5) is 0 Å². The topological polar surface area (TPSA) is 55.8 Å². The minimum atomic E-state index is -1.04. The van der Waals surface area contributed by atoms with E-state index in [-0.39, 0.29) is 6.10 Å².